The first-order valence-corrected chi connectivity index (χ1v) is 12.2. The number of rotatable bonds is 28. The molecule has 0 amide bonds. The number of hydrogen-bond donors (Lipinski definition) is 1. The van der Waals surface area contributed by atoms with Crippen LogP contribution in [0.1, 0.15) is 58.3 Å². The summed E-state index contributed by atoms with van der Waals surface area (Å²) in [7, 11) is 0. The van der Waals surface area contributed by atoms with Crippen LogP contribution < -0.4 is 0 Å². The van der Waals surface area contributed by atoms with Crippen LogP contribution in [0.2, 0.25) is 0 Å². The van der Waals surface area contributed by atoms with Gasteiger partial charge in [0.25, 0.3) is 0 Å². The summed E-state index contributed by atoms with van der Waals surface area (Å²) in [5.74, 6) is 0.561. The van der Waals surface area contributed by atoms with Gasteiger partial charge in [-0.05, 0) is 6.42 Å². The van der Waals surface area contributed by atoms with Gasteiger partial charge in [-0.3, -0.25) is 0 Å². The molecule has 0 aliphatic heterocycles. The molecule has 8 heteroatoms. The summed E-state index contributed by atoms with van der Waals surface area (Å²) in [4.78, 5) is 0. The predicted octanol–water partition coefficient (Wildman–Crippen LogP) is 3.71. The van der Waals surface area contributed by atoms with Crippen LogP contribution in [0.15, 0.2) is 12.3 Å². The Labute approximate surface area is 195 Å². The van der Waals surface area contributed by atoms with E-state index >= 15 is 0 Å². The lowest BCUT2D eigenvalue weighted by atomic mass is 10.1. The normalized spacial score (nSPS) is 11.2. The van der Waals surface area contributed by atoms with Gasteiger partial charge in [0.05, 0.1) is 72.7 Å². The van der Waals surface area contributed by atoms with Crippen molar-refractivity contribution in [2.75, 3.05) is 86.1 Å². The minimum atomic E-state index is 0.0328. The predicted molar refractivity (Wildman–Crippen MR) is 125 cm³/mol. The van der Waals surface area contributed by atoms with Crippen molar-refractivity contribution in [3.63, 3.8) is 0 Å². The highest BCUT2D eigenvalue weighted by atomic mass is 16.7. The van der Waals surface area contributed by atoms with Crippen molar-refractivity contribution in [2.24, 2.45) is 0 Å². The maximum Gasteiger partial charge on any atom is 0.188 e. The van der Waals surface area contributed by atoms with Gasteiger partial charge in [-0.1, -0.05) is 58.4 Å². The zero-order valence-corrected chi connectivity index (χ0v) is 20.4. The van der Waals surface area contributed by atoms with Crippen LogP contribution in [0, 0.1) is 0 Å². The van der Waals surface area contributed by atoms with Gasteiger partial charge in [-0.2, -0.15) is 0 Å². The molecule has 0 aromatic carbocycles. The Morgan fingerprint density at radius 1 is 0.562 bits per heavy atom. The number of ether oxygens (including phenoxy) is 7. The van der Waals surface area contributed by atoms with E-state index in [4.69, 9.17) is 38.3 Å². The highest BCUT2D eigenvalue weighted by Gasteiger charge is 1.98. The summed E-state index contributed by atoms with van der Waals surface area (Å²) in [5, 5.41) is 8.55. The zero-order valence-electron chi connectivity index (χ0n) is 20.4. The monoisotopic (exact) mass is 464 g/mol. The van der Waals surface area contributed by atoms with Gasteiger partial charge in [0.2, 0.25) is 0 Å². The summed E-state index contributed by atoms with van der Waals surface area (Å²) in [6.07, 6.45) is 10.3. The van der Waals surface area contributed by atoms with E-state index in [2.05, 4.69) is 13.5 Å². The van der Waals surface area contributed by atoms with Gasteiger partial charge in [0, 0.05) is 0 Å². The van der Waals surface area contributed by atoms with Crippen LogP contribution in [0.3, 0.4) is 0 Å². The summed E-state index contributed by atoms with van der Waals surface area (Å²) in [6.45, 7) is 11.7. The van der Waals surface area contributed by atoms with Gasteiger partial charge >= 0.3 is 0 Å². The SMILES string of the molecule is C=C(COCCOCCOCCOCCOCCO)OCOCCCCCCCCCC. The Kier molecular flexibility index (Phi) is 27.6. The molecule has 192 valence electrons. The highest BCUT2D eigenvalue weighted by Crippen LogP contribution is 2.08. The Balaban J connectivity index is 3.13. The van der Waals surface area contributed by atoms with E-state index in [1.165, 1.54) is 44.9 Å². The molecule has 0 aromatic rings. The molecule has 0 saturated heterocycles. The smallest absolute Gasteiger partial charge is 0.188 e. The lowest BCUT2D eigenvalue weighted by Crippen LogP contribution is -2.14. The second kappa shape index (κ2) is 28.3. The van der Waals surface area contributed by atoms with Crippen molar-refractivity contribution in [1.29, 1.82) is 0 Å². The topological polar surface area (TPSA) is 84.8 Å². The van der Waals surface area contributed by atoms with Crippen molar-refractivity contribution in [1.82, 2.24) is 0 Å². The van der Waals surface area contributed by atoms with Crippen molar-refractivity contribution in [3.05, 3.63) is 12.3 Å². The molecule has 0 spiro atoms. The van der Waals surface area contributed by atoms with Crippen LogP contribution in [-0.4, -0.2) is 91.2 Å². The van der Waals surface area contributed by atoms with Crippen molar-refractivity contribution >= 4 is 0 Å². The lowest BCUT2D eigenvalue weighted by molar-refractivity contribution is -0.0420. The zero-order chi connectivity index (χ0) is 23.4. The molecule has 0 rings (SSSR count). The van der Waals surface area contributed by atoms with E-state index in [0.29, 0.717) is 71.8 Å². The van der Waals surface area contributed by atoms with Gasteiger partial charge in [0.1, 0.15) is 12.4 Å². The fourth-order valence-corrected chi connectivity index (χ4v) is 2.69. The Morgan fingerprint density at radius 2 is 1.03 bits per heavy atom. The minimum Gasteiger partial charge on any atom is -0.470 e. The number of unbranched alkanes of at least 4 members (excludes halogenated alkanes) is 7. The molecule has 32 heavy (non-hydrogen) atoms. The largest absolute Gasteiger partial charge is 0.470 e. The van der Waals surface area contributed by atoms with E-state index in [1.807, 2.05) is 0 Å². The fourth-order valence-electron chi connectivity index (χ4n) is 2.69. The third-order valence-corrected chi connectivity index (χ3v) is 4.48. The summed E-state index contributed by atoms with van der Waals surface area (Å²) < 4.78 is 37.5. The number of aliphatic hydroxyl groups excluding tert-OH is 1. The van der Waals surface area contributed by atoms with E-state index in [9.17, 15) is 0 Å². The summed E-state index contributed by atoms with van der Waals surface area (Å²) >= 11 is 0. The molecule has 0 unspecified atom stereocenters. The van der Waals surface area contributed by atoms with E-state index in [1.54, 1.807) is 0 Å². The van der Waals surface area contributed by atoms with Crippen LogP contribution in [0.5, 0.6) is 0 Å². The summed E-state index contributed by atoms with van der Waals surface area (Å²) in [5.41, 5.74) is 0. The third-order valence-electron chi connectivity index (χ3n) is 4.48. The molecular weight excluding hydrogens is 416 g/mol. The Bertz CT molecular complexity index is 368. The molecule has 0 bridgehead atoms. The maximum absolute atomic E-state index is 8.55. The average Bonchev–Trinajstić information content (AvgIpc) is 2.80. The molecule has 0 radical (unpaired) electrons. The Morgan fingerprint density at radius 3 is 1.56 bits per heavy atom. The lowest BCUT2D eigenvalue weighted by Gasteiger charge is -2.11. The quantitative estimate of drug-likeness (QED) is 0.107. The molecule has 0 fully saturated rings. The molecule has 0 atom stereocenters. The molecule has 0 aromatic heterocycles. The van der Waals surface area contributed by atoms with Gasteiger partial charge in [0.15, 0.2) is 6.79 Å². The molecule has 8 nitrogen and oxygen atoms in total. The molecule has 0 saturated carbocycles. The van der Waals surface area contributed by atoms with Crippen LogP contribution in [0.25, 0.3) is 0 Å². The molecule has 0 heterocycles. The van der Waals surface area contributed by atoms with E-state index < -0.39 is 0 Å². The number of hydrogen-bond acceptors (Lipinski definition) is 8. The number of aliphatic hydroxyl groups is 1. The molecular formula is C24H48O8. The van der Waals surface area contributed by atoms with Gasteiger partial charge in [-0.15, -0.1) is 0 Å². The summed E-state index contributed by atoms with van der Waals surface area (Å²) in [6, 6.07) is 0. The van der Waals surface area contributed by atoms with Crippen molar-refractivity contribution < 1.29 is 38.3 Å². The second-order valence-electron chi connectivity index (χ2n) is 7.41. The molecule has 1 N–H and O–H groups in total. The van der Waals surface area contributed by atoms with Crippen molar-refractivity contribution in [3.8, 4) is 0 Å². The van der Waals surface area contributed by atoms with Crippen LogP contribution in [-0.2, 0) is 33.2 Å². The Hall–Kier alpha value is -0.740. The van der Waals surface area contributed by atoms with E-state index in [0.717, 1.165) is 13.0 Å². The highest BCUT2D eigenvalue weighted by molar-refractivity contribution is 4.80. The van der Waals surface area contributed by atoms with Crippen molar-refractivity contribution in [2.45, 2.75) is 58.3 Å². The van der Waals surface area contributed by atoms with E-state index in [-0.39, 0.29) is 13.4 Å². The third kappa shape index (κ3) is 27.3. The van der Waals surface area contributed by atoms with Crippen LogP contribution >= 0.6 is 0 Å². The second-order valence-corrected chi connectivity index (χ2v) is 7.41. The van der Waals surface area contributed by atoms with Crippen LogP contribution in [0.4, 0.5) is 0 Å². The average molecular weight is 465 g/mol. The fraction of sp³-hybridized carbons (Fsp3) is 0.917. The first kappa shape index (κ1) is 31.3. The first-order chi connectivity index (χ1) is 15.8. The molecule has 0 aliphatic rings. The molecule has 0 aliphatic carbocycles. The minimum absolute atomic E-state index is 0.0328. The van der Waals surface area contributed by atoms with Gasteiger partial charge < -0.3 is 38.3 Å². The van der Waals surface area contributed by atoms with Gasteiger partial charge in [-0.25, -0.2) is 0 Å². The first-order valence-electron chi connectivity index (χ1n) is 12.2. The maximum atomic E-state index is 8.55. The standard InChI is InChI=1S/C24H48O8/c1-3-4-5-6-7-8-9-10-12-31-23-32-24(2)22-30-21-20-29-19-18-28-17-16-27-15-14-26-13-11-25/h25H,2-23H2,1H3.